The zero-order chi connectivity index (χ0) is 20.6. The quantitative estimate of drug-likeness (QED) is 0.729. The van der Waals surface area contributed by atoms with E-state index in [1.165, 1.54) is 12.4 Å². The van der Waals surface area contributed by atoms with Crippen molar-refractivity contribution in [3.8, 4) is 11.5 Å². The summed E-state index contributed by atoms with van der Waals surface area (Å²) in [5.41, 5.74) is 1.44. The van der Waals surface area contributed by atoms with Gasteiger partial charge in [0.25, 0.3) is 5.91 Å². The fourth-order valence-corrected chi connectivity index (χ4v) is 2.97. The Hall–Kier alpha value is -2.87. The average Bonchev–Trinajstić information content (AvgIpc) is 2.72. The Morgan fingerprint density at radius 2 is 2.00 bits per heavy atom. The summed E-state index contributed by atoms with van der Waals surface area (Å²) >= 11 is 0. The number of hydrogen-bond donors (Lipinski definition) is 1. The number of rotatable bonds is 8. The number of ether oxygens (including phenoxy) is 3. The molecule has 1 fully saturated rings. The van der Waals surface area contributed by atoms with Gasteiger partial charge in [-0.3, -0.25) is 4.79 Å². The first-order valence-corrected chi connectivity index (χ1v) is 9.91. The molecule has 0 bridgehead atoms. The van der Waals surface area contributed by atoms with E-state index in [0.29, 0.717) is 44.5 Å². The van der Waals surface area contributed by atoms with E-state index >= 15 is 0 Å². The highest BCUT2D eigenvalue weighted by molar-refractivity contribution is 5.93. The summed E-state index contributed by atoms with van der Waals surface area (Å²) in [6.45, 7) is 8.70. The summed E-state index contributed by atoms with van der Waals surface area (Å²) in [5.74, 6) is 1.85. The highest BCUT2D eigenvalue weighted by Gasteiger charge is 2.19. The molecule has 0 spiro atoms. The molecule has 1 amide bonds. The number of carbonyl (C=O) groups excluding carboxylic acids is 1. The van der Waals surface area contributed by atoms with Crippen LogP contribution in [0.2, 0.25) is 0 Å². The van der Waals surface area contributed by atoms with E-state index in [2.05, 4.69) is 15.3 Å². The van der Waals surface area contributed by atoms with Gasteiger partial charge in [-0.2, -0.15) is 0 Å². The first-order chi connectivity index (χ1) is 14.0. The Labute approximate surface area is 171 Å². The van der Waals surface area contributed by atoms with Gasteiger partial charge in [0.2, 0.25) is 5.95 Å². The van der Waals surface area contributed by atoms with Crippen molar-refractivity contribution in [1.29, 1.82) is 0 Å². The van der Waals surface area contributed by atoms with E-state index < -0.39 is 0 Å². The van der Waals surface area contributed by atoms with Crippen LogP contribution in [0.1, 0.15) is 43.1 Å². The molecule has 0 aliphatic carbocycles. The Morgan fingerprint density at radius 3 is 2.66 bits per heavy atom. The summed E-state index contributed by atoms with van der Waals surface area (Å²) in [6, 6.07) is 5.80. The number of nitrogens with one attached hydrogen (secondary N) is 1. The third kappa shape index (κ3) is 6.05. The highest BCUT2D eigenvalue weighted by atomic mass is 16.5. The number of amides is 1. The maximum atomic E-state index is 12.4. The fourth-order valence-electron chi connectivity index (χ4n) is 2.97. The molecule has 1 aliphatic heterocycles. The highest BCUT2D eigenvalue weighted by Crippen LogP contribution is 2.24. The van der Waals surface area contributed by atoms with Crippen LogP contribution in [0.4, 0.5) is 5.95 Å². The largest absolute Gasteiger partial charge is 0.494 e. The molecule has 1 saturated heterocycles. The second-order valence-corrected chi connectivity index (χ2v) is 7.02. The Kier molecular flexibility index (Phi) is 7.24. The van der Waals surface area contributed by atoms with Gasteiger partial charge in [0.05, 0.1) is 24.9 Å². The molecule has 0 saturated carbocycles. The molecule has 29 heavy (non-hydrogen) atoms. The van der Waals surface area contributed by atoms with Crippen LogP contribution in [-0.4, -0.2) is 53.4 Å². The minimum atomic E-state index is -0.115. The molecule has 0 unspecified atom stereocenters. The summed E-state index contributed by atoms with van der Waals surface area (Å²) < 4.78 is 16.8. The maximum absolute atomic E-state index is 12.4. The van der Waals surface area contributed by atoms with Gasteiger partial charge >= 0.3 is 0 Å². The van der Waals surface area contributed by atoms with Crippen molar-refractivity contribution in [3.05, 3.63) is 41.7 Å². The Morgan fingerprint density at radius 1 is 1.24 bits per heavy atom. The van der Waals surface area contributed by atoms with Crippen LogP contribution in [-0.2, 0) is 11.3 Å². The van der Waals surface area contributed by atoms with Crippen LogP contribution in [0.15, 0.2) is 30.6 Å². The van der Waals surface area contributed by atoms with E-state index in [0.717, 1.165) is 23.5 Å². The van der Waals surface area contributed by atoms with Gasteiger partial charge in [0, 0.05) is 31.5 Å². The molecule has 2 aromatic rings. The molecule has 1 aromatic heterocycles. The van der Waals surface area contributed by atoms with Gasteiger partial charge < -0.3 is 24.4 Å². The Balaban J connectivity index is 1.63. The number of anilines is 1. The molecule has 156 valence electrons. The number of aromatic nitrogens is 2. The van der Waals surface area contributed by atoms with Crippen LogP contribution >= 0.6 is 0 Å². The molecule has 0 radical (unpaired) electrons. The van der Waals surface area contributed by atoms with Crippen LogP contribution in [0.3, 0.4) is 0 Å². The number of nitrogens with zero attached hydrogens (tertiary/aromatic N) is 3. The molecule has 0 atom stereocenters. The maximum Gasteiger partial charge on any atom is 0.258 e. The minimum absolute atomic E-state index is 0.0754. The summed E-state index contributed by atoms with van der Waals surface area (Å²) in [6.07, 6.45) is 3.99. The SMILES string of the molecule is CCOc1cc(CNc2ncc(C(=O)N3CCCOC3)cn2)cc(OC(C)C)c1. The molecule has 1 aliphatic rings. The van der Waals surface area contributed by atoms with Crippen molar-refractivity contribution in [3.63, 3.8) is 0 Å². The van der Waals surface area contributed by atoms with Crippen LogP contribution < -0.4 is 14.8 Å². The topological polar surface area (TPSA) is 85.8 Å². The van der Waals surface area contributed by atoms with Crippen molar-refractivity contribution >= 4 is 11.9 Å². The fraction of sp³-hybridized carbons (Fsp3) is 0.476. The molecule has 1 aromatic carbocycles. The van der Waals surface area contributed by atoms with Gasteiger partial charge in [0.1, 0.15) is 18.2 Å². The smallest absolute Gasteiger partial charge is 0.258 e. The number of hydrogen-bond acceptors (Lipinski definition) is 7. The molecule has 2 heterocycles. The molecular weight excluding hydrogens is 372 g/mol. The lowest BCUT2D eigenvalue weighted by atomic mass is 10.2. The minimum Gasteiger partial charge on any atom is -0.494 e. The second kappa shape index (κ2) is 10.1. The van der Waals surface area contributed by atoms with Crippen molar-refractivity contribution in [1.82, 2.24) is 14.9 Å². The predicted molar refractivity (Wildman–Crippen MR) is 109 cm³/mol. The van der Waals surface area contributed by atoms with Crippen molar-refractivity contribution < 1.29 is 19.0 Å². The third-order valence-corrected chi connectivity index (χ3v) is 4.22. The Bertz CT molecular complexity index is 805. The van der Waals surface area contributed by atoms with Crippen molar-refractivity contribution in [2.24, 2.45) is 0 Å². The van der Waals surface area contributed by atoms with Gasteiger partial charge in [-0.1, -0.05) is 0 Å². The zero-order valence-corrected chi connectivity index (χ0v) is 17.2. The molecule has 8 nitrogen and oxygen atoms in total. The lowest BCUT2D eigenvalue weighted by molar-refractivity contribution is -0.00575. The van der Waals surface area contributed by atoms with E-state index in [-0.39, 0.29) is 12.0 Å². The standard InChI is InChI=1S/C21H28N4O4/c1-4-28-18-8-16(9-19(10-18)29-15(2)3)11-22-21-23-12-17(13-24-21)20(26)25-6-5-7-27-14-25/h8-10,12-13,15H,4-7,11,14H2,1-3H3,(H,22,23,24). The van der Waals surface area contributed by atoms with E-state index in [1.54, 1.807) is 4.90 Å². The third-order valence-electron chi connectivity index (χ3n) is 4.22. The monoisotopic (exact) mass is 400 g/mol. The van der Waals surface area contributed by atoms with Gasteiger partial charge in [0.15, 0.2) is 0 Å². The summed E-state index contributed by atoms with van der Waals surface area (Å²) in [7, 11) is 0. The number of carbonyl (C=O) groups is 1. The number of benzene rings is 1. The first-order valence-electron chi connectivity index (χ1n) is 9.91. The first kappa shape index (κ1) is 20.9. The van der Waals surface area contributed by atoms with Gasteiger partial charge in [-0.05, 0) is 44.9 Å². The molecular formula is C21H28N4O4. The van der Waals surface area contributed by atoms with Gasteiger partial charge in [-0.15, -0.1) is 0 Å². The van der Waals surface area contributed by atoms with Crippen LogP contribution in [0, 0.1) is 0 Å². The zero-order valence-electron chi connectivity index (χ0n) is 17.2. The summed E-state index contributed by atoms with van der Waals surface area (Å²) in [4.78, 5) is 22.6. The lowest BCUT2D eigenvalue weighted by Crippen LogP contribution is -2.38. The van der Waals surface area contributed by atoms with E-state index in [1.807, 2.05) is 39.0 Å². The van der Waals surface area contributed by atoms with Crippen LogP contribution in [0.25, 0.3) is 0 Å². The summed E-state index contributed by atoms with van der Waals surface area (Å²) in [5, 5.41) is 3.17. The average molecular weight is 400 g/mol. The van der Waals surface area contributed by atoms with Crippen molar-refractivity contribution in [2.45, 2.75) is 39.8 Å². The lowest BCUT2D eigenvalue weighted by Gasteiger charge is -2.26. The van der Waals surface area contributed by atoms with E-state index in [4.69, 9.17) is 14.2 Å². The normalized spacial score (nSPS) is 14.0. The predicted octanol–water partition coefficient (Wildman–Crippen LogP) is 3.09. The van der Waals surface area contributed by atoms with E-state index in [9.17, 15) is 4.79 Å². The van der Waals surface area contributed by atoms with Crippen LogP contribution in [0.5, 0.6) is 11.5 Å². The van der Waals surface area contributed by atoms with Crippen molar-refractivity contribution in [2.75, 3.05) is 31.8 Å². The second-order valence-electron chi connectivity index (χ2n) is 7.02. The molecule has 3 rings (SSSR count). The van der Waals surface area contributed by atoms with Gasteiger partial charge in [-0.25, -0.2) is 9.97 Å². The molecule has 1 N–H and O–H groups in total. The molecule has 8 heteroatoms.